The highest BCUT2D eigenvalue weighted by Crippen LogP contribution is 2.08. The first-order chi connectivity index (χ1) is 5.91. The number of unbranched alkanes of at least 4 members (excludes halogenated alkanes) is 4. The van der Waals surface area contributed by atoms with Crippen LogP contribution in [-0.4, -0.2) is 5.75 Å². The maximum absolute atomic E-state index is 2.31. The van der Waals surface area contributed by atoms with Crippen molar-refractivity contribution in [3.8, 4) is 0 Å². The first-order valence-corrected chi connectivity index (χ1v) is 6.23. The van der Waals surface area contributed by atoms with Crippen molar-refractivity contribution in [2.75, 3.05) is 5.75 Å². The monoisotopic (exact) mass is 186 g/mol. The molecule has 0 radical (unpaired) electrons. The van der Waals surface area contributed by atoms with Gasteiger partial charge >= 0.3 is 0 Å². The Morgan fingerprint density at radius 2 is 1.75 bits per heavy atom. The Kier molecular flexibility index (Phi) is 11.2. The van der Waals surface area contributed by atoms with E-state index in [1.807, 2.05) is 11.8 Å². The quantitative estimate of drug-likeness (QED) is 0.499. The summed E-state index contributed by atoms with van der Waals surface area (Å²) < 4.78 is 0. The Bertz CT molecular complexity index is 97.2. The van der Waals surface area contributed by atoms with Gasteiger partial charge in [-0.1, -0.05) is 45.6 Å². The minimum absolute atomic E-state index is 1.26. The maximum Gasteiger partial charge on any atom is -0.00261 e. The number of rotatable bonds is 8. The molecule has 0 fully saturated rings. The molecule has 0 saturated heterocycles. The van der Waals surface area contributed by atoms with Gasteiger partial charge in [0, 0.05) is 0 Å². The van der Waals surface area contributed by atoms with E-state index in [1.165, 1.54) is 44.3 Å². The summed E-state index contributed by atoms with van der Waals surface area (Å²) in [5, 5.41) is 2.27. The van der Waals surface area contributed by atoms with Crippen LogP contribution in [0.4, 0.5) is 0 Å². The fourth-order valence-corrected chi connectivity index (χ4v) is 1.74. The molecule has 12 heavy (non-hydrogen) atoms. The van der Waals surface area contributed by atoms with Crippen LogP contribution in [0.3, 0.4) is 0 Å². The molecule has 0 nitrogen and oxygen atoms in total. The normalized spacial score (nSPS) is 11.2. The predicted molar refractivity (Wildman–Crippen MR) is 60.6 cm³/mol. The van der Waals surface area contributed by atoms with Crippen molar-refractivity contribution in [3.05, 3.63) is 11.5 Å². The van der Waals surface area contributed by atoms with Gasteiger partial charge in [0.1, 0.15) is 0 Å². The zero-order chi connectivity index (χ0) is 9.07. The van der Waals surface area contributed by atoms with Gasteiger partial charge in [-0.15, -0.1) is 11.8 Å². The summed E-state index contributed by atoms with van der Waals surface area (Å²) in [6.07, 6.45) is 10.3. The van der Waals surface area contributed by atoms with Gasteiger partial charge in [0.05, 0.1) is 0 Å². The van der Waals surface area contributed by atoms with Crippen molar-refractivity contribution in [1.82, 2.24) is 0 Å². The van der Waals surface area contributed by atoms with Gasteiger partial charge in [0.2, 0.25) is 0 Å². The van der Waals surface area contributed by atoms with Crippen molar-refractivity contribution < 1.29 is 0 Å². The lowest BCUT2D eigenvalue weighted by atomic mass is 10.2. The third-order valence-corrected chi connectivity index (χ3v) is 2.69. The van der Waals surface area contributed by atoms with Gasteiger partial charge in [-0.2, -0.15) is 0 Å². The smallest absolute Gasteiger partial charge is 0.00261 e. The molecule has 0 unspecified atom stereocenters. The lowest BCUT2D eigenvalue weighted by molar-refractivity contribution is 0.779. The highest BCUT2D eigenvalue weighted by Gasteiger charge is 1.84. The fourth-order valence-electron chi connectivity index (χ4n) is 0.961. The first kappa shape index (κ1) is 12.1. The van der Waals surface area contributed by atoms with Crippen LogP contribution in [0.25, 0.3) is 0 Å². The van der Waals surface area contributed by atoms with Crippen molar-refractivity contribution in [3.63, 3.8) is 0 Å². The molecule has 0 saturated carbocycles. The molecule has 0 amide bonds. The summed E-state index contributed by atoms with van der Waals surface area (Å²) in [6.45, 7) is 4.49. The van der Waals surface area contributed by atoms with Crippen LogP contribution in [0, 0.1) is 0 Å². The van der Waals surface area contributed by atoms with E-state index in [-0.39, 0.29) is 0 Å². The fraction of sp³-hybridized carbons (Fsp3) is 0.818. The molecular formula is C11H22S. The number of allylic oxidation sites excluding steroid dienone is 1. The number of hydrogen-bond donors (Lipinski definition) is 0. The van der Waals surface area contributed by atoms with E-state index >= 15 is 0 Å². The summed E-state index contributed by atoms with van der Waals surface area (Å²) >= 11 is 1.96. The lowest BCUT2D eigenvalue weighted by Crippen LogP contribution is -1.75. The second-order valence-corrected chi connectivity index (χ2v) is 4.11. The van der Waals surface area contributed by atoms with Gasteiger partial charge in [-0.25, -0.2) is 0 Å². The van der Waals surface area contributed by atoms with Gasteiger partial charge in [-0.05, 0) is 24.0 Å². The molecule has 0 N–H and O–H groups in total. The van der Waals surface area contributed by atoms with Gasteiger partial charge in [-0.3, -0.25) is 0 Å². The van der Waals surface area contributed by atoms with Gasteiger partial charge in [0.25, 0.3) is 0 Å². The molecule has 0 aliphatic rings. The zero-order valence-electron chi connectivity index (χ0n) is 8.51. The van der Waals surface area contributed by atoms with Crippen LogP contribution in [0.5, 0.6) is 0 Å². The maximum atomic E-state index is 2.31. The van der Waals surface area contributed by atoms with Crippen molar-refractivity contribution in [2.24, 2.45) is 0 Å². The second kappa shape index (κ2) is 11.1. The van der Waals surface area contributed by atoms with Crippen LogP contribution >= 0.6 is 11.8 Å². The molecule has 0 atom stereocenters. The summed E-state index contributed by atoms with van der Waals surface area (Å²) in [4.78, 5) is 0. The Balaban J connectivity index is 2.92. The van der Waals surface area contributed by atoms with Crippen molar-refractivity contribution in [1.29, 1.82) is 0 Å². The topological polar surface area (TPSA) is 0 Å². The molecule has 0 aromatic carbocycles. The SMILES string of the molecule is CCCCC=CSCCCCC. The van der Waals surface area contributed by atoms with Crippen LogP contribution in [-0.2, 0) is 0 Å². The van der Waals surface area contributed by atoms with E-state index < -0.39 is 0 Å². The highest BCUT2D eigenvalue weighted by molar-refractivity contribution is 8.02. The third-order valence-electron chi connectivity index (χ3n) is 1.78. The standard InChI is InChI=1S/C11H22S/c1-3-5-7-9-11-12-10-8-6-4-2/h9,11H,3-8,10H2,1-2H3. The molecule has 0 heterocycles. The molecular weight excluding hydrogens is 164 g/mol. The number of thioether (sulfide) groups is 1. The average molecular weight is 186 g/mol. The summed E-state index contributed by atoms with van der Waals surface area (Å²) in [5.41, 5.74) is 0. The molecule has 0 aromatic rings. The average Bonchev–Trinajstić information content (AvgIpc) is 2.10. The van der Waals surface area contributed by atoms with E-state index in [9.17, 15) is 0 Å². The summed E-state index contributed by atoms with van der Waals surface area (Å²) in [5.74, 6) is 1.30. The van der Waals surface area contributed by atoms with E-state index in [4.69, 9.17) is 0 Å². The van der Waals surface area contributed by atoms with E-state index in [0.717, 1.165) is 0 Å². The van der Waals surface area contributed by atoms with Crippen LogP contribution < -0.4 is 0 Å². The second-order valence-electron chi connectivity index (χ2n) is 3.09. The highest BCUT2D eigenvalue weighted by atomic mass is 32.2. The van der Waals surface area contributed by atoms with Crippen molar-refractivity contribution >= 4 is 11.8 Å². The molecule has 0 bridgehead atoms. The molecule has 0 aliphatic carbocycles. The predicted octanol–water partition coefficient (Wildman–Crippen LogP) is 4.61. The molecule has 0 spiro atoms. The lowest BCUT2D eigenvalue weighted by Gasteiger charge is -1.94. The summed E-state index contributed by atoms with van der Waals surface area (Å²) in [6, 6.07) is 0. The zero-order valence-corrected chi connectivity index (χ0v) is 9.33. The number of hydrogen-bond acceptors (Lipinski definition) is 1. The van der Waals surface area contributed by atoms with Gasteiger partial charge < -0.3 is 0 Å². The molecule has 0 aliphatic heterocycles. The minimum atomic E-state index is 1.26. The minimum Gasteiger partial charge on any atom is -0.134 e. The van der Waals surface area contributed by atoms with E-state index in [0.29, 0.717) is 0 Å². The largest absolute Gasteiger partial charge is 0.134 e. The molecule has 1 heteroatoms. The summed E-state index contributed by atoms with van der Waals surface area (Å²) in [7, 11) is 0. The Morgan fingerprint density at radius 3 is 2.42 bits per heavy atom. The van der Waals surface area contributed by atoms with Crippen LogP contribution in [0.1, 0.15) is 52.4 Å². The van der Waals surface area contributed by atoms with Crippen molar-refractivity contribution in [2.45, 2.75) is 52.4 Å². The first-order valence-electron chi connectivity index (χ1n) is 5.18. The van der Waals surface area contributed by atoms with Crippen LogP contribution in [0.15, 0.2) is 11.5 Å². The third kappa shape index (κ3) is 10.1. The van der Waals surface area contributed by atoms with E-state index in [2.05, 4.69) is 25.3 Å². The Hall–Kier alpha value is 0.0900. The Morgan fingerprint density at radius 1 is 1.00 bits per heavy atom. The molecule has 72 valence electrons. The van der Waals surface area contributed by atoms with E-state index in [1.54, 1.807) is 0 Å². The van der Waals surface area contributed by atoms with Crippen LogP contribution in [0.2, 0.25) is 0 Å². The van der Waals surface area contributed by atoms with Gasteiger partial charge in [0.15, 0.2) is 0 Å². The molecule has 0 aromatic heterocycles. The Labute approximate surface area is 81.8 Å². The molecule has 0 rings (SSSR count).